The zero-order valence-corrected chi connectivity index (χ0v) is 9.61. The van der Waals surface area contributed by atoms with Crippen molar-refractivity contribution in [1.29, 1.82) is 10.5 Å². The average Bonchev–Trinajstić information content (AvgIpc) is 2.31. The van der Waals surface area contributed by atoms with Crippen LogP contribution in [0.1, 0.15) is 10.4 Å². The Balaban J connectivity index is 3.07. The average molecular weight is 249 g/mol. The van der Waals surface area contributed by atoms with Crippen molar-refractivity contribution in [2.75, 3.05) is 18.8 Å². The first-order valence-electron chi connectivity index (χ1n) is 4.69. The van der Waals surface area contributed by atoms with E-state index in [1.807, 2.05) is 12.1 Å². The summed E-state index contributed by atoms with van der Waals surface area (Å²) in [5.41, 5.74) is 6.05. The van der Waals surface area contributed by atoms with Gasteiger partial charge in [-0.05, 0) is 12.1 Å². The van der Waals surface area contributed by atoms with Crippen molar-refractivity contribution in [1.82, 2.24) is 4.90 Å². The molecular formula is C11H9ClN4O. The van der Waals surface area contributed by atoms with Crippen molar-refractivity contribution in [3.8, 4) is 12.1 Å². The van der Waals surface area contributed by atoms with Crippen LogP contribution in [0.15, 0.2) is 18.2 Å². The number of amides is 1. The summed E-state index contributed by atoms with van der Waals surface area (Å²) < 4.78 is 0. The molecule has 0 radical (unpaired) electrons. The van der Waals surface area contributed by atoms with Crippen LogP contribution in [-0.2, 0) is 0 Å². The van der Waals surface area contributed by atoms with E-state index >= 15 is 0 Å². The molecule has 1 rings (SSSR count). The molecule has 17 heavy (non-hydrogen) atoms. The Morgan fingerprint density at radius 3 is 2.47 bits per heavy atom. The van der Waals surface area contributed by atoms with Crippen molar-refractivity contribution in [3.05, 3.63) is 28.8 Å². The maximum Gasteiger partial charge on any atom is 0.257 e. The number of nitrogens with two attached hydrogens (primary N) is 1. The van der Waals surface area contributed by atoms with Crippen LogP contribution in [-0.4, -0.2) is 23.9 Å². The molecule has 0 aromatic heterocycles. The lowest BCUT2D eigenvalue weighted by Crippen LogP contribution is -2.32. The minimum atomic E-state index is -0.481. The third kappa shape index (κ3) is 2.87. The number of nitriles is 2. The minimum Gasteiger partial charge on any atom is -0.398 e. The SMILES string of the molecule is N#CCN(CC#N)C(=O)c1cccc(N)c1Cl. The van der Waals surface area contributed by atoms with E-state index in [9.17, 15) is 4.79 Å². The summed E-state index contributed by atoms with van der Waals surface area (Å²) in [6.45, 7) is -0.338. The molecule has 2 N–H and O–H groups in total. The van der Waals surface area contributed by atoms with E-state index in [0.717, 1.165) is 4.90 Å². The monoisotopic (exact) mass is 248 g/mol. The first-order valence-corrected chi connectivity index (χ1v) is 5.06. The summed E-state index contributed by atoms with van der Waals surface area (Å²) in [6.07, 6.45) is 0. The highest BCUT2D eigenvalue weighted by atomic mass is 35.5. The van der Waals surface area contributed by atoms with E-state index < -0.39 is 5.91 Å². The van der Waals surface area contributed by atoms with Crippen LogP contribution in [0.2, 0.25) is 5.02 Å². The van der Waals surface area contributed by atoms with Gasteiger partial charge in [-0.3, -0.25) is 4.79 Å². The van der Waals surface area contributed by atoms with E-state index in [2.05, 4.69) is 0 Å². The van der Waals surface area contributed by atoms with E-state index in [1.54, 1.807) is 12.1 Å². The van der Waals surface area contributed by atoms with Gasteiger partial charge in [-0.25, -0.2) is 0 Å². The van der Waals surface area contributed by atoms with Gasteiger partial charge < -0.3 is 10.6 Å². The molecule has 86 valence electrons. The number of hydrogen-bond acceptors (Lipinski definition) is 4. The molecule has 0 heterocycles. The van der Waals surface area contributed by atoms with Gasteiger partial charge >= 0.3 is 0 Å². The second-order valence-electron chi connectivity index (χ2n) is 3.19. The van der Waals surface area contributed by atoms with Gasteiger partial charge in [0.1, 0.15) is 13.1 Å². The zero-order chi connectivity index (χ0) is 12.8. The van der Waals surface area contributed by atoms with Gasteiger partial charge in [0.2, 0.25) is 0 Å². The maximum absolute atomic E-state index is 12.0. The fourth-order valence-corrected chi connectivity index (χ4v) is 1.46. The van der Waals surface area contributed by atoms with Gasteiger partial charge in [0.15, 0.2) is 0 Å². The molecule has 1 aromatic rings. The molecular weight excluding hydrogens is 240 g/mol. The second kappa shape index (κ2) is 5.74. The lowest BCUT2D eigenvalue weighted by atomic mass is 10.1. The number of anilines is 1. The molecule has 5 nitrogen and oxygen atoms in total. The smallest absolute Gasteiger partial charge is 0.257 e. The Morgan fingerprint density at radius 2 is 1.94 bits per heavy atom. The Labute approximate surface area is 104 Å². The summed E-state index contributed by atoms with van der Waals surface area (Å²) in [4.78, 5) is 13.1. The van der Waals surface area contributed by atoms with Crippen LogP contribution in [0.3, 0.4) is 0 Å². The highest BCUT2D eigenvalue weighted by Gasteiger charge is 2.18. The number of nitrogens with zero attached hydrogens (tertiary/aromatic N) is 3. The van der Waals surface area contributed by atoms with Crippen LogP contribution in [0.5, 0.6) is 0 Å². The van der Waals surface area contributed by atoms with Crippen molar-refractivity contribution >= 4 is 23.2 Å². The predicted octanol–water partition coefficient (Wildman–Crippen LogP) is 1.41. The summed E-state index contributed by atoms with van der Waals surface area (Å²) in [6, 6.07) is 8.29. The van der Waals surface area contributed by atoms with Crippen LogP contribution in [0.4, 0.5) is 5.69 Å². The number of benzene rings is 1. The highest BCUT2D eigenvalue weighted by Crippen LogP contribution is 2.24. The Kier molecular flexibility index (Phi) is 4.33. The Morgan fingerprint density at radius 1 is 1.35 bits per heavy atom. The van der Waals surface area contributed by atoms with E-state index in [4.69, 9.17) is 27.9 Å². The quantitative estimate of drug-likeness (QED) is 0.646. The Hall–Kier alpha value is -2.24. The molecule has 0 bridgehead atoms. The van der Waals surface area contributed by atoms with Gasteiger partial charge in [0.05, 0.1) is 28.4 Å². The highest BCUT2D eigenvalue weighted by molar-refractivity contribution is 6.36. The largest absolute Gasteiger partial charge is 0.398 e. The molecule has 0 spiro atoms. The first kappa shape index (κ1) is 12.8. The fraction of sp³-hybridized carbons (Fsp3) is 0.182. The lowest BCUT2D eigenvalue weighted by Gasteiger charge is -2.16. The van der Waals surface area contributed by atoms with Gasteiger partial charge in [-0.1, -0.05) is 17.7 Å². The molecule has 0 saturated carbocycles. The third-order valence-electron chi connectivity index (χ3n) is 2.07. The van der Waals surface area contributed by atoms with Crippen molar-refractivity contribution in [2.45, 2.75) is 0 Å². The summed E-state index contributed by atoms with van der Waals surface area (Å²) in [5, 5.41) is 17.3. The number of rotatable bonds is 3. The maximum atomic E-state index is 12.0. The minimum absolute atomic E-state index is 0.137. The number of hydrogen-bond donors (Lipinski definition) is 1. The van der Waals surface area contributed by atoms with Crippen molar-refractivity contribution in [2.24, 2.45) is 0 Å². The molecule has 0 fully saturated rings. The molecule has 0 aliphatic rings. The van der Waals surface area contributed by atoms with Crippen LogP contribution in [0.25, 0.3) is 0 Å². The number of carbonyl (C=O) groups excluding carboxylic acids is 1. The number of carbonyl (C=O) groups is 1. The third-order valence-corrected chi connectivity index (χ3v) is 2.49. The van der Waals surface area contributed by atoms with Crippen molar-refractivity contribution < 1.29 is 4.79 Å². The standard InChI is InChI=1S/C11H9ClN4O/c12-10-8(2-1-3-9(10)15)11(17)16(6-4-13)7-5-14/h1-3H,6-7,15H2. The molecule has 0 aliphatic heterocycles. The topological polar surface area (TPSA) is 93.9 Å². The zero-order valence-electron chi connectivity index (χ0n) is 8.85. The van der Waals surface area contributed by atoms with E-state index in [-0.39, 0.29) is 29.4 Å². The van der Waals surface area contributed by atoms with Crippen LogP contribution >= 0.6 is 11.6 Å². The first-order chi connectivity index (χ1) is 8.11. The molecule has 0 saturated heterocycles. The fourth-order valence-electron chi connectivity index (χ4n) is 1.26. The van der Waals surface area contributed by atoms with Gasteiger partial charge in [-0.2, -0.15) is 10.5 Å². The molecule has 0 unspecified atom stereocenters. The normalized spacial score (nSPS) is 9.12. The van der Waals surface area contributed by atoms with Crippen molar-refractivity contribution in [3.63, 3.8) is 0 Å². The number of nitrogen functional groups attached to an aromatic ring is 1. The van der Waals surface area contributed by atoms with Gasteiger partial charge in [0, 0.05) is 0 Å². The summed E-state index contributed by atoms with van der Waals surface area (Å²) in [5.74, 6) is -0.481. The van der Waals surface area contributed by atoms with E-state index in [1.165, 1.54) is 6.07 Å². The lowest BCUT2D eigenvalue weighted by molar-refractivity contribution is 0.0795. The van der Waals surface area contributed by atoms with Crippen LogP contribution in [0, 0.1) is 22.7 Å². The molecule has 1 amide bonds. The number of halogens is 1. The molecule has 6 heteroatoms. The predicted molar refractivity (Wildman–Crippen MR) is 63.0 cm³/mol. The molecule has 0 atom stereocenters. The van der Waals surface area contributed by atoms with Gasteiger partial charge in [0.25, 0.3) is 5.91 Å². The second-order valence-corrected chi connectivity index (χ2v) is 3.56. The Bertz CT molecular complexity index is 499. The molecule has 0 aliphatic carbocycles. The summed E-state index contributed by atoms with van der Waals surface area (Å²) in [7, 11) is 0. The van der Waals surface area contributed by atoms with Gasteiger partial charge in [-0.15, -0.1) is 0 Å². The van der Waals surface area contributed by atoms with E-state index in [0.29, 0.717) is 0 Å². The summed E-state index contributed by atoms with van der Waals surface area (Å²) >= 11 is 5.89. The molecule has 1 aromatic carbocycles. The van der Waals surface area contributed by atoms with Crippen LogP contribution < -0.4 is 5.73 Å².